The van der Waals surface area contributed by atoms with Crippen LogP contribution in [0.2, 0.25) is 0 Å². The topological polar surface area (TPSA) is 92.0 Å². The van der Waals surface area contributed by atoms with Crippen molar-refractivity contribution >= 4 is 23.1 Å². The number of amidine groups is 1. The lowest BCUT2D eigenvalue weighted by molar-refractivity contribution is -0.274. The summed E-state index contributed by atoms with van der Waals surface area (Å²) in [7, 11) is 0. The minimum Gasteiger partial charge on any atom is -0.406 e. The number of hydrogen-bond donors (Lipinski definition) is 3. The molecule has 1 amide bonds. The number of ether oxygens (including phenoxy) is 1. The van der Waals surface area contributed by atoms with E-state index in [0.29, 0.717) is 22.7 Å². The number of benzene rings is 2. The van der Waals surface area contributed by atoms with Crippen molar-refractivity contribution in [1.82, 2.24) is 10.4 Å². The van der Waals surface area contributed by atoms with Crippen LogP contribution in [0.15, 0.2) is 71.8 Å². The summed E-state index contributed by atoms with van der Waals surface area (Å²) in [5.74, 6) is -0.167. The number of carbonyl (C=O) groups is 1. The maximum Gasteiger partial charge on any atom is 0.573 e. The minimum absolute atomic E-state index is 0.291. The van der Waals surface area contributed by atoms with E-state index in [1.165, 1.54) is 24.3 Å². The summed E-state index contributed by atoms with van der Waals surface area (Å²) in [4.78, 5) is 15.7. The highest BCUT2D eigenvalue weighted by Gasteiger charge is 2.31. The van der Waals surface area contributed by atoms with E-state index in [1.54, 1.807) is 41.4 Å². The van der Waals surface area contributed by atoms with Crippen LogP contribution in [0.3, 0.4) is 0 Å². The molecular weight excluding hydrogens is 399 g/mol. The van der Waals surface area contributed by atoms with Gasteiger partial charge in [0.2, 0.25) is 5.91 Å². The lowest BCUT2D eigenvalue weighted by Crippen LogP contribution is -2.42. The molecule has 0 aromatic heterocycles. The lowest BCUT2D eigenvalue weighted by atomic mass is 10.1. The number of fused-ring (bicyclic) bond motifs is 1. The highest BCUT2D eigenvalue weighted by atomic mass is 19.4. The molecule has 0 aliphatic carbocycles. The lowest BCUT2D eigenvalue weighted by Gasteiger charge is -2.26. The van der Waals surface area contributed by atoms with E-state index in [9.17, 15) is 18.0 Å². The van der Waals surface area contributed by atoms with Crippen LogP contribution >= 0.6 is 0 Å². The van der Waals surface area contributed by atoms with E-state index in [0.717, 1.165) is 5.69 Å². The van der Waals surface area contributed by atoms with E-state index < -0.39 is 18.6 Å². The van der Waals surface area contributed by atoms with Gasteiger partial charge in [-0.2, -0.15) is 5.43 Å². The van der Waals surface area contributed by atoms with Crippen LogP contribution in [0, 0.1) is 0 Å². The number of nitrogens with zero attached hydrogens (tertiary/aromatic N) is 2. The van der Waals surface area contributed by atoms with Crippen molar-refractivity contribution in [3.05, 3.63) is 77.9 Å². The highest BCUT2D eigenvalue weighted by Crippen LogP contribution is 2.28. The Bertz CT molecular complexity index is 1040. The molecule has 0 saturated heterocycles. The van der Waals surface area contributed by atoms with Crippen LogP contribution in [-0.4, -0.2) is 29.4 Å². The van der Waals surface area contributed by atoms with Crippen LogP contribution in [0.5, 0.6) is 5.75 Å². The maximum atomic E-state index is 12.3. The number of anilines is 1. The zero-order chi connectivity index (χ0) is 21.3. The van der Waals surface area contributed by atoms with Crippen molar-refractivity contribution in [2.24, 2.45) is 10.7 Å². The Balaban J connectivity index is 1.46. The molecule has 0 spiro atoms. The Morgan fingerprint density at radius 2 is 1.83 bits per heavy atom. The van der Waals surface area contributed by atoms with Gasteiger partial charge in [0.05, 0.1) is 5.70 Å². The largest absolute Gasteiger partial charge is 0.573 e. The molecule has 0 radical (unpaired) electrons. The van der Waals surface area contributed by atoms with Crippen molar-refractivity contribution in [3.63, 3.8) is 0 Å². The van der Waals surface area contributed by atoms with Gasteiger partial charge in [0.15, 0.2) is 6.29 Å². The summed E-state index contributed by atoms with van der Waals surface area (Å²) >= 11 is 0. The zero-order valence-electron chi connectivity index (χ0n) is 15.4. The van der Waals surface area contributed by atoms with Crippen LogP contribution in [0.1, 0.15) is 15.9 Å². The Morgan fingerprint density at radius 3 is 2.47 bits per heavy atom. The first kappa shape index (κ1) is 19.5. The first-order valence-corrected chi connectivity index (χ1v) is 8.83. The van der Waals surface area contributed by atoms with Crippen LogP contribution in [0.4, 0.5) is 18.9 Å². The molecule has 2 aliphatic heterocycles. The van der Waals surface area contributed by atoms with Gasteiger partial charge in [-0.3, -0.25) is 9.80 Å². The van der Waals surface area contributed by atoms with Gasteiger partial charge in [-0.25, -0.2) is 4.99 Å². The molecule has 30 heavy (non-hydrogen) atoms. The fourth-order valence-electron chi connectivity index (χ4n) is 3.02. The normalized spacial score (nSPS) is 17.8. The number of allylic oxidation sites excluding steroid dienone is 2. The number of nitrogens with two attached hydrogens (primary N) is 1. The second-order valence-electron chi connectivity index (χ2n) is 6.42. The van der Waals surface area contributed by atoms with Crippen LogP contribution < -0.4 is 21.2 Å². The first-order valence-electron chi connectivity index (χ1n) is 8.83. The molecule has 1 unspecified atom stereocenters. The van der Waals surface area contributed by atoms with Crippen molar-refractivity contribution in [1.29, 1.82) is 0 Å². The minimum atomic E-state index is -4.74. The molecule has 0 saturated carbocycles. The van der Waals surface area contributed by atoms with Gasteiger partial charge >= 0.3 is 6.36 Å². The number of hydrogen-bond acceptors (Lipinski definition) is 6. The van der Waals surface area contributed by atoms with Crippen molar-refractivity contribution in [2.45, 2.75) is 12.7 Å². The van der Waals surface area contributed by atoms with E-state index >= 15 is 0 Å². The van der Waals surface area contributed by atoms with Crippen LogP contribution in [-0.2, 0) is 0 Å². The Kier molecular flexibility index (Phi) is 4.92. The van der Waals surface area contributed by atoms with Crippen molar-refractivity contribution in [2.75, 3.05) is 5.32 Å². The number of hydrazine groups is 1. The predicted molar refractivity (Wildman–Crippen MR) is 105 cm³/mol. The average Bonchev–Trinajstić information content (AvgIpc) is 3.10. The van der Waals surface area contributed by atoms with Gasteiger partial charge in [0.1, 0.15) is 11.6 Å². The SMILES string of the molecule is NC(=O)c1ccc(NC2N=C3C=CC=C(c4ccc(OC(F)(F)F)cc4)N3N2)cc1. The third-order valence-electron chi connectivity index (χ3n) is 4.34. The molecule has 2 aliphatic rings. The van der Waals surface area contributed by atoms with Gasteiger partial charge in [-0.15, -0.1) is 13.2 Å². The van der Waals surface area contributed by atoms with E-state index in [4.69, 9.17) is 5.73 Å². The smallest absolute Gasteiger partial charge is 0.406 e. The number of nitrogens with one attached hydrogen (secondary N) is 2. The Labute approximate surface area is 169 Å². The number of amides is 1. The standard InChI is InChI=1S/C20H16F3N5O2/c21-20(22,23)30-15-10-6-12(7-11-15)16-2-1-3-17-26-19(27-28(16)17)25-14-8-4-13(5-9-14)18(24)29/h1-11,19,25,27H,(H2,24,29). The highest BCUT2D eigenvalue weighted by molar-refractivity contribution is 6.02. The summed E-state index contributed by atoms with van der Waals surface area (Å²) in [6, 6.07) is 12.2. The predicted octanol–water partition coefficient (Wildman–Crippen LogP) is 3.21. The fraction of sp³-hybridized carbons (Fsp3) is 0.100. The fourth-order valence-corrected chi connectivity index (χ4v) is 3.02. The van der Waals surface area contributed by atoms with Gasteiger partial charge in [-0.05, 0) is 66.2 Å². The van der Waals surface area contributed by atoms with E-state index in [2.05, 4.69) is 20.5 Å². The summed E-state index contributed by atoms with van der Waals surface area (Å²) in [5.41, 5.74) is 10.9. The van der Waals surface area contributed by atoms with Gasteiger partial charge < -0.3 is 15.8 Å². The van der Waals surface area contributed by atoms with E-state index in [1.807, 2.05) is 6.08 Å². The van der Waals surface area contributed by atoms with Crippen LogP contribution in [0.25, 0.3) is 5.70 Å². The number of aliphatic imine (C=N–C) groups is 1. The number of carbonyl (C=O) groups excluding carboxylic acids is 1. The maximum absolute atomic E-state index is 12.3. The average molecular weight is 415 g/mol. The molecule has 7 nitrogen and oxygen atoms in total. The molecule has 2 heterocycles. The third-order valence-corrected chi connectivity index (χ3v) is 4.34. The second kappa shape index (κ2) is 7.56. The molecule has 154 valence electrons. The molecular formula is C20H16F3N5O2. The number of rotatable bonds is 5. The summed E-state index contributed by atoms with van der Waals surface area (Å²) in [6.07, 6.45) is 0.194. The molecule has 10 heteroatoms. The Hall–Kier alpha value is -3.79. The molecule has 4 N–H and O–H groups in total. The van der Waals surface area contributed by atoms with Crippen molar-refractivity contribution < 1.29 is 22.7 Å². The molecule has 4 rings (SSSR count). The summed E-state index contributed by atoms with van der Waals surface area (Å²) in [5, 5.41) is 4.90. The Morgan fingerprint density at radius 1 is 1.13 bits per heavy atom. The van der Waals surface area contributed by atoms with Gasteiger partial charge in [0, 0.05) is 11.3 Å². The molecule has 0 bridgehead atoms. The van der Waals surface area contributed by atoms with Crippen molar-refractivity contribution in [3.8, 4) is 5.75 Å². The van der Waals surface area contributed by atoms with Gasteiger partial charge in [-0.1, -0.05) is 6.08 Å². The first-order chi connectivity index (χ1) is 14.3. The molecule has 2 aromatic rings. The molecule has 2 aromatic carbocycles. The monoisotopic (exact) mass is 415 g/mol. The number of primary amides is 1. The van der Waals surface area contributed by atoms with Gasteiger partial charge in [0.25, 0.3) is 0 Å². The molecule has 1 atom stereocenters. The quantitative estimate of drug-likeness (QED) is 0.698. The van der Waals surface area contributed by atoms with E-state index in [-0.39, 0.29) is 5.75 Å². The number of halogens is 3. The third kappa shape index (κ3) is 4.28. The second-order valence-corrected chi connectivity index (χ2v) is 6.42. The summed E-state index contributed by atoms with van der Waals surface area (Å²) < 4.78 is 41.0. The molecule has 0 fully saturated rings. The number of alkyl halides is 3. The zero-order valence-corrected chi connectivity index (χ0v) is 15.4. The summed E-state index contributed by atoms with van der Waals surface area (Å²) in [6.45, 7) is 0.